The van der Waals surface area contributed by atoms with Crippen LogP contribution in [-0.2, 0) is 0 Å². The molecule has 0 aliphatic heterocycles. The second kappa shape index (κ2) is 6.57. The molecule has 0 aliphatic carbocycles. The zero-order valence-electron chi connectivity index (χ0n) is 11.3. The molecule has 0 heterocycles. The van der Waals surface area contributed by atoms with E-state index in [4.69, 9.17) is 23.2 Å². The maximum absolute atomic E-state index is 13.5. The van der Waals surface area contributed by atoms with Crippen LogP contribution in [0.25, 0.3) is 0 Å². The molecule has 0 amide bonds. The number of hydrogen-bond donors (Lipinski definition) is 1. The van der Waals surface area contributed by atoms with Gasteiger partial charge in [-0.1, -0.05) is 41.4 Å². The fourth-order valence-electron chi connectivity index (χ4n) is 2.13. The first kappa shape index (κ1) is 15.3. The summed E-state index contributed by atoms with van der Waals surface area (Å²) in [5.74, 6) is -0.395. The van der Waals surface area contributed by atoms with Crippen molar-refractivity contribution in [3.05, 3.63) is 69.5 Å². The Bertz CT molecular complexity index is 601. The summed E-state index contributed by atoms with van der Waals surface area (Å²) in [6, 6.07) is 12.7. The minimum Gasteiger partial charge on any atom is -0.304 e. The van der Waals surface area contributed by atoms with Crippen molar-refractivity contribution in [1.29, 1.82) is 0 Å². The van der Waals surface area contributed by atoms with Crippen LogP contribution in [0, 0.1) is 5.82 Å². The predicted molar refractivity (Wildman–Crippen MR) is 82.8 cm³/mol. The van der Waals surface area contributed by atoms with Gasteiger partial charge >= 0.3 is 0 Å². The van der Waals surface area contributed by atoms with Crippen LogP contribution in [0.1, 0.15) is 37.1 Å². The number of benzene rings is 2. The molecule has 1 unspecified atom stereocenters. The van der Waals surface area contributed by atoms with E-state index in [-0.39, 0.29) is 17.1 Å². The molecule has 2 aromatic rings. The molecule has 2 atom stereocenters. The van der Waals surface area contributed by atoms with Crippen LogP contribution in [-0.4, -0.2) is 0 Å². The van der Waals surface area contributed by atoms with E-state index in [2.05, 4.69) is 12.2 Å². The third-order valence-corrected chi connectivity index (χ3v) is 3.83. The van der Waals surface area contributed by atoms with Crippen molar-refractivity contribution in [1.82, 2.24) is 5.32 Å². The predicted octanol–water partition coefficient (Wildman–Crippen LogP) is 5.54. The summed E-state index contributed by atoms with van der Waals surface area (Å²) >= 11 is 11.7. The fourth-order valence-corrected chi connectivity index (χ4v) is 2.44. The second-order valence-corrected chi connectivity index (χ2v) is 5.68. The topological polar surface area (TPSA) is 12.0 Å². The van der Waals surface area contributed by atoms with Crippen molar-refractivity contribution in [3.63, 3.8) is 0 Å². The molecule has 20 heavy (non-hydrogen) atoms. The molecular weight excluding hydrogens is 296 g/mol. The highest BCUT2D eigenvalue weighted by Crippen LogP contribution is 2.24. The molecule has 0 spiro atoms. The molecule has 2 aromatic carbocycles. The van der Waals surface area contributed by atoms with E-state index in [0.29, 0.717) is 5.02 Å². The molecule has 0 aromatic heterocycles. The molecule has 2 rings (SSSR count). The lowest BCUT2D eigenvalue weighted by molar-refractivity contribution is 0.492. The third kappa shape index (κ3) is 3.72. The molecule has 106 valence electrons. The maximum Gasteiger partial charge on any atom is 0.142 e. The Morgan fingerprint density at radius 1 is 0.950 bits per heavy atom. The molecular formula is C16H16Cl2FN. The summed E-state index contributed by atoms with van der Waals surface area (Å²) in [7, 11) is 0. The lowest BCUT2D eigenvalue weighted by Crippen LogP contribution is -2.22. The van der Waals surface area contributed by atoms with Gasteiger partial charge in [0.05, 0.1) is 5.02 Å². The standard InChI is InChI=1S/C16H16Cl2FN/c1-10(12-4-3-5-14(17)8-12)20-11(2)13-6-7-15(18)16(19)9-13/h3-11,20H,1-2H3/t10-,11?/m0/s1. The van der Waals surface area contributed by atoms with Crippen molar-refractivity contribution in [2.24, 2.45) is 0 Å². The Labute approximate surface area is 128 Å². The van der Waals surface area contributed by atoms with Crippen molar-refractivity contribution in [2.45, 2.75) is 25.9 Å². The molecule has 0 aliphatic rings. The minimum atomic E-state index is -0.395. The van der Waals surface area contributed by atoms with Gasteiger partial charge in [0, 0.05) is 17.1 Å². The number of hydrogen-bond acceptors (Lipinski definition) is 1. The van der Waals surface area contributed by atoms with Crippen molar-refractivity contribution in [2.75, 3.05) is 0 Å². The molecule has 0 saturated carbocycles. The van der Waals surface area contributed by atoms with Crippen molar-refractivity contribution in [3.8, 4) is 0 Å². The first-order valence-corrected chi connectivity index (χ1v) is 7.19. The van der Waals surface area contributed by atoms with Crippen LogP contribution in [0.15, 0.2) is 42.5 Å². The van der Waals surface area contributed by atoms with Gasteiger partial charge in [0.2, 0.25) is 0 Å². The Morgan fingerprint density at radius 2 is 1.60 bits per heavy atom. The SMILES string of the molecule is CC(N[C@@H](C)c1cccc(Cl)c1)c1ccc(Cl)c(F)c1. The highest BCUT2D eigenvalue weighted by atomic mass is 35.5. The third-order valence-electron chi connectivity index (χ3n) is 3.29. The van der Waals surface area contributed by atoms with E-state index in [1.54, 1.807) is 6.07 Å². The van der Waals surface area contributed by atoms with Gasteiger partial charge in [-0.3, -0.25) is 0 Å². The first-order chi connectivity index (χ1) is 9.47. The largest absolute Gasteiger partial charge is 0.304 e. The molecule has 0 saturated heterocycles. The van der Waals surface area contributed by atoms with Crippen LogP contribution >= 0.6 is 23.2 Å². The van der Waals surface area contributed by atoms with E-state index < -0.39 is 5.82 Å². The Balaban J connectivity index is 2.10. The average Bonchev–Trinajstić information content (AvgIpc) is 2.41. The molecule has 0 radical (unpaired) electrons. The Hall–Kier alpha value is -1.09. The van der Waals surface area contributed by atoms with E-state index in [1.165, 1.54) is 6.07 Å². The van der Waals surface area contributed by atoms with Crippen LogP contribution in [0.3, 0.4) is 0 Å². The molecule has 1 N–H and O–H groups in total. The maximum atomic E-state index is 13.5. The van der Waals surface area contributed by atoms with Crippen LogP contribution < -0.4 is 5.32 Å². The van der Waals surface area contributed by atoms with E-state index in [9.17, 15) is 4.39 Å². The van der Waals surface area contributed by atoms with Gasteiger partial charge in [-0.25, -0.2) is 4.39 Å². The van der Waals surface area contributed by atoms with E-state index in [1.807, 2.05) is 37.3 Å². The van der Waals surface area contributed by atoms with Gasteiger partial charge in [-0.2, -0.15) is 0 Å². The fraction of sp³-hybridized carbons (Fsp3) is 0.250. The minimum absolute atomic E-state index is 0.00995. The summed E-state index contributed by atoms with van der Waals surface area (Å²) < 4.78 is 13.5. The van der Waals surface area contributed by atoms with Crippen LogP contribution in [0.2, 0.25) is 10.0 Å². The molecule has 0 bridgehead atoms. The first-order valence-electron chi connectivity index (χ1n) is 6.44. The van der Waals surface area contributed by atoms with Crippen LogP contribution in [0.4, 0.5) is 4.39 Å². The molecule has 0 fully saturated rings. The van der Waals surface area contributed by atoms with Gasteiger partial charge in [-0.15, -0.1) is 0 Å². The number of rotatable bonds is 4. The van der Waals surface area contributed by atoms with E-state index >= 15 is 0 Å². The quantitative estimate of drug-likeness (QED) is 0.781. The average molecular weight is 312 g/mol. The van der Waals surface area contributed by atoms with Crippen LogP contribution in [0.5, 0.6) is 0 Å². The van der Waals surface area contributed by atoms with E-state index in [0.717, 1.165) is 11.1 Å². The Kier molecular flexibility index (Phi) is 5.03. The summed E-state index contributed by atoms with van der Waals surface area (Å²) in [5, 5.41) is 4.27. The normalized spacial score (nSPS) is 14.1. The molecule has 4 heteroatoms. The van der Waals surface area contributed by atoms with Gasteiger partial charge in [0.25, 0.3) is 0 Å². The van der Waals surface area contributed by atoms with Gasteiger partial charge < -0.3 is 5.32 Å². The van der Waals surface area contributed by atoms with Gasteiger partial charge in [0.1, 0.15) is 5.82 Å². The van der Waals surface area contributed by atoms with Gasteiger partial charge in [-0.05, 0) is 49.2 Å². The second-order valence-electron chi connectivity index (χ2n) is 4.84. The van der Waals surface area contributed by atoms with Crippen molar-refractivity contribution < 1.29 is 4.39 Å². The smallest absolute Gasteiger partial charge is 0.142 e. The lowest BCUT2D eigenvalue weighted by atomic mass is 10.0. The number of nitrogens with one attached hydrogen (secondary N) is 1. The monoisotopic (exact) mass is 311 g/mol. The number of halogens is 3. The summed E-state index contributed by atoms with van der Waals surface area (Å²) in [4.78, 5) is 0. The summed E-state index contributed by atoms with van der Waals surface area (Å²) in [6.45, 7) is 4.04. The zero-order valence-corrected chi connectivity index (χ0v) is 12.8. The highest BCUT2D eigenvalue weighted by molar-refractivity contribution is 6.30. The van der Waals surface area contributed by atoms with Crippen molar-refractivity contribution >= 4 is 23.2 Å². The highest BCUT2D eigenvalue weighted by Gasteiger charge is 2.12. The Morgan fingerprint density at radius 3 is 2.20 bits per heavy atom. The molecule has 1 nitrogen and oxygen atoms in total. The lowest BCUT2D eigenvalue weighted by Gasteiger charge is -2.21. The summed E-state index contributed by atoms with van der Waals surface area (Å²) in [6.07, 6.45) is 0. The summed E-state index contributed by atoms with van der Waals surface area (Å²) in [5.41, 5.74) is 1.96. The van der Waals surface area contributed by atoms with Gasteiger partial charge in [0.15, 0.2) is 0 Å². The zero-order chi connectivity index (χ0) is 14.7.